The van der Waals surface area contributed by atoms with E-state index in [0.29, 0.717) is 4.75 Å². The molecule has 2 rings (SSSR count). The summed E-state index contributed by atoms with van der Waals surface area (Å²) in [5.74, 6) is 0. The lowest BCUT2D eigenvalue weighted by Gasteiger charge is -2.29. The molecule has 0 saturated heterocycles. The van der Waals surface area contributed by atoms with Crippen LogP contribution >= 0.6 is 34.7 Å². The fraction of sp³-hybridized carbons (Fsp3) is 0.500. The lowest BCUT2D eigenvalue weighted by Crippen LogP contribution is -2.31. The highest BCUT2D eigenvalue weighted by molar-refractivity contribution is 8.00. The third kappa shape index (κ3) is 3.36. The highest BCUT2D eigenvalue weighted by atomic mass is 35.5. The molecule has 0 unspecified atom stereocenters. The van der Waals surface area contributed by atoms with Crippen LogP contribution in [0.5, 0.6) is 0 Å². The van der Waals surface area contributed by atoms with Crippen LogP contribution in [0.3, 0.4) is 0 Å². The molecule has 0 aliphatic heterocycles. The number of thioether (sulfide) groups is 1. The van der Waals surface area contributed by atoms with Crippen molar-refractivity contribution in [3.63, 3.8) is 0 Å². The average Bonchev–Trinajstić information content (AvgIpc) is 2.83. The quantitative estimate of drug-likeness (QED) is 0.784. The molecule has 2 nitrogen and oxygen atoms in total. The first-order valence-corrected chi connectivity index (χ1v) is 8.89. The largest absolute Gasteiger partial charge is 0.360 e. The van der Waals surface area contributed by atoms with E-state index < -0.39 is 0 Å². The number of nitrogens with one attached hydrogen (secondary N) is 1. The Morgan fingerprint density at radius 2 is 2.11 bits per heavy atom. The molecule has 2 aromatic rings. The summed E-state index contributed by atoms with van der Waals surface area (Å²) in [6.07, 6.45) is 4.51. The molecule has 0 fully saturated rings. The van der Waals surface area contributed by atoms with Gasteiger partial charge in [-0.3, -0.25) is 0 Å². The van der Waals surface area contributed by atoms with Crippen LogP contribution < -0.4 is 5.32 Å². The molecule has 0 saturated carbocycles. The van der Waals surface area contributed by atoms with E-state index in [1.54, 1.807) is 11.3 Å². The molecular weight excluding hydrogens is 296 g/mol. The predicted molar refractivity (Wildman–Crippen MR) is 89.9 cm³/mol. The van der Waals surface area contributed by atoms with Gasteiger partial charge in [0.05, 0.1) is 10.2 Å². The second kappa shape index (κ2) is 6.33. The SMILES string of the molecule is CCC(CC)(CNc1nc2cc(Cl)ccc2s1)SC. The van der Waals surface area contributed by atoms with Crippen molar-refractivity contribution in [3.05, 3.63) is 23.2 Å². The third-order valence-corrected chi connectivity index (χ3v) is 6.45. The molecule has 0 radical (unpaired) electrons. The predicted octanol–water partition coefficient (Wildman–Crippen LogP) is 5.28. The fourth-order valence-corrected chi connectivity index (χ4v) is 3.88. The van der Waals surface area contributed by atoms with Gasteiger partial charge in [-0.25, -0.2) is 4.98 Å². The average molecular weight is 315 g/mol. The summed E-state index contributed by atoms with van der Waals surface area (Å²) in [6.45, 7) is 5.45. The van der Waals surface area contributed by atoms with Gasteiger partial charge in [0.1, 0.15) is 0 Å². The lowest BCUT2D eigenvalue weighted by atomic mass is 10.0. The Labute approximate surface area is 128 Å². The smallest absolute Gasteiger partial charge is 0.183 e. The van der Waals surface area contributed by atoms with Gasteiger partial charge in [0.15, 0.2) is 5.13 Å². The number of rotatable bonds is 6. The minimum absolute atomic E-state index is 0.301. The van der Waals surface area contributed by atoms with Crippen LogP contribution in [-0.2, 0) is 0 Å². The van der Waals surface area contributed by atoms with Crippen molar-refractivity contribution in [3.8, 4) is 0 Å². The molecule has 1 N–H and O–H groups in total. The highest BCUT2D eigenvalue weighted by Crippen LogP contribution is 2.33. The van der Waals surface area contributed by atoms with Gasteiger partial charge in [-0.05, 0) is 37.3 Å². The Balaban J connectivity index is 2.13. The van der Waals surface area contributed by atoms with E-state index in [1.807, 2.05) is 30.0 Å². The fourth-order valence-electron chi connectivity index (χ4n) is 2.07. The first kappa shape index (κ1) is 14.9. The topological polar surface area (TPSA) is 24.9 Å². The molecule has 0 amide bonds. The first-order valence-electron chi connectivity index (χ1n) is 6.47. The maximum absolute atomic E-state index is 5.99. The van der Waals surface area contributed by atoms with E-state index in [9.17, 15) is 0 Å². The second-order valence-corrected chi connectivity index (χ2v) is 7.32. The van der Waals surface area contributed by atoms with Crippen molar-refractivity contribution in [2.45, 2.75) is 31.4 Å². The van der Waals surface area contributed by atoms with Gasteiger partial charge in [0.25, 0.3) is 0 Å². The van der Waals surface area contributed by atoms with Crippen LogP contribution in [-0.4, -0.2) is 22.5 Å². The van der Waals surface area contributed by atoms with E-state index in [-0.39, 0.29) is 0 Å². The Morgan fingerprint density at radius 1 is 1.37 bits per heavy atom. The summed E-state index contributed by atoms with van der Waals surface area (Å²) in [7, 11) is 0. The van der Waals surface area contributed by atoms with Crippen molar-refractivity contribution < 1.29 is 0 Å². The summed E-state index contributed by atoms with van der Waals surface area (Å²) in [5, 5.41) is 5.22. The third-order valence-electron chi connectivity index (χ3n) is 3.63. The molecule has 104 valence electrons. The lowest BCUT2D eigenvalue weighted by molar-refractivity contribution is 0.574. The molecular formula is C14H19ClN2S2. The van der Waals surface area contributed by atoms with Crippen molar-refractivity contribution in [1.29, 1.82) is 0 Å². The zero-order valence-electron chi connectivity index (χ0n) is 11.5. The highest BCUT2D eigenvalue weighted by Gasteiger charge is 2.24. The van der Waals surface area contributed by atoms with Crippen molar-refractivity contribution in [2.75, 3.05) is 18.1 Å². The van der Waals surface area contributed by atoms with Gasteiger partial charge in [-0.2, -0.15) is 11.8 Å². The summed E-state index contributed by atoms with van der Waals surface area (Å²) in [5.41, 5.74) is 0.975. The Bertz CT molecular complexity index is 541. The number of nitrogens with zero attached hydrogens (tertiary/aromatic N) is 1. The van der Waals surface area contributed by atoms with E-state index in [2.05, 4.69) is 30.4 Å². The van der Waals surface area contributed by atoms with E-state index in [4.69, 9.17) is 11.6 Å². The van der Waals surface area contributed by atoms with E-state index >= 15 is 0 Å². The second-order valence-electron chi connectivity index (χ2n) is 4.58. The minimum Gasteiger partial charge on any atom is -0.360 e. The van der Waals surface area contributed by atoms with Gasteiger partial charge in [-0.1, -0.05) is 36.8 Å². The minimum atomic E-state index is 0.301. The molecule has 19 heavy (non-hydrogen) atoms. The van der Waals surface area contributed by atoms with Gasteiger partial charge < -0.3 is 5.32 Å². The Kier molecular flexibility index (Phi) is 4.98. The zero-order chi connectivity index (χ0) is 13.9. The molecule has 1 aromatic carbocycles. The summed E-state index contributed by atoms with van der Waals surface area (Å²) in [6, 6.07) is 5.86. The Morgan fingerprint density at radius 3 is 2.74 bits per heavy atom. The van der Waals surface area contributed by atoms with Crippen LogP contribution in [0, 0.1) is 0 Å². The van der Waals surface area contributed by atoms with Crippen LogP contribution in [0.1, 0.15) is 26.7 Å². The molecule has 5 heteroatoms. The monoisotopic (exact) mass is 314 g/mol. The van der Waals surface area contributed by atoms with E-state index in [1.165, 1.54) is 4.70 Å². The first-order chi connectivity index (χ1) is 9.12. The summed E-state index contributed by atoms with van der Waals surface area (Å²) < 4.78 is 1.48. The molecule has 0 spiro atoms. The number of halogens is 1. The van der Waals surface area contributed by atoms with Gasteiger partial charge in [0.2, 0.25) is 0 Å². The Hall–Kier alpha value is -0.450. The molecule has 0 atom stereocenters. The number of hydrogen-bond acceptors (Lipinski definition) is 4. The maximum atomic E-state index is 5.99. The molecule has 0 aliphatic carbocycles. The van der Waals surface area contributed by atoms with Gasteiger partial charge in [-0.15, -0.1) is 0 Å². The standard InChI is InChI=1S/C14H19ClN2S2/c1-4-14(5-2,18-3)9-16-13-17-11-8-10(15)6-7-12(11)19-13/h6-8H,4-5,9H2,1-3H3,(H,16,17). The maximum Gasteiger partial charge on any atom is 0.183 e. The molecule has 0 bridgehead atoms. The molecule has 0 aliphatic rings. The van der Waals surface area contributed by atoms with Gasteiger partial charge >= 0.3 is 0 Å². The number of thiazole rings is 1. The van der Waals surface area contributed by atoms with Crippen LogP contribution in [0.4, 0.5) is 5.13 Å². The normalized spacial score (nSPS) is 12.0. The number of benzene rings is 1. The van der Waals surface area contributed by atoms with Crippen LogP contribution in [0.25, 0.3) is 10.2 Å². The van der Waals surface area contributed by atoms with Crippen LogP contribution in [0.15, 0.2) is 18.2 Å². The van der Waals surface area contributed by atoms with Crippen LogP contribution in [0.2, 0.25) is 5.02 Å². The van der Waals surface area contributed by atoms with Crippen molar-refractivity contribution in [2.24, 2.45) is 0 Å². The molecule has 1 aromatic heterocycles. The number of hydrogen-bond donors (Lipinski definition) is 1. The number of fused-ring (bicyclic) bond motifs is 1. The summed E-state index contributed by atoms with van der Waals surface area (Å²) in [4.78, 5) is 4.59. The molecule has 1 heterocycles. The zero-order valence-corrected chi connectivity index (χ0v) is 13.9. The van der Waals surface area contributed by atoms with E-state index in [0.717, 1.165) is 35.1 Å². The van der Waals surface area contributed by atoms with Crippen molar-refractivity contribution >= 4 is 50.0 Å². The number of aromatic nitrogens is 1. The van der Waals surface area contributed by atoms with Crippen molar-refractivity contribution in [1.82, 2.24) is 4.98 Å². The number of anilines is 1. The summed E-state index contributed by atoms with van der Waals surface area (Å²) >= 11 is 9.61. The van der Waals surface area contributed by atoms with Gasteiger partial charge in [0, 0.05) is 16.3 Å².